The van der Waals surface area contributed by atoms with Gasteiger partial charge in [0.25, 0.3) is 0 Å². The first kappa shape index (κ1) is 15.8. The number of anilines is 3. The lowest BCUT2D eigenvalue weighted by atomic mass is 10.0. The van der Waals surface area contributed by atoms with Gasteiger partial charge in [0, 0.05) is 16.6 Å². The standard InChI is InChI=1S/C16H21BrN4/c1-5-18-15-14(10(2)3)16(20-9-19-15)21-13-8-11(4)6-7-12(13)17/h6-10H,5H2,1-4H3,(H2,18,19,20,21). The summed E-state index contributed by atoms with van der Waals surface area (Å²) in [5.74, 6) is 2.07. The zero-order valence-corrected chi connectivity index (χ0v) is 14.5. The third-order valence-electron chi connectivity index (χ3n) is 3.18. The van der Waals surface area contributed by atoms with Gasteiger partial charge in [0.15, 0.2) is 0 Å². The molecule has 0 bridgehead atoms. The first-order valence-electron chi connectivity index (χ1n) is 7.14. The fourth-order valence-electron chi connectivity index (χ4n) is 2.21. The van der Waals surface area contributed by atoms with Crippen molar-refractivity contribution in [2.24, 2.45) is 0 Å². The van der Waals surface area contributed by atoms with Crippen molar-refractivity contribution < 1.29 is 0 Å². The van der Waals surface area contributed by atoms with E-state index in [-0.39, 0.29) is 0 Å². The van der Waals surface area contributed by atoms with E-state index >= 15 is 0 Å². The molecule has 0 radical (unpaired) electrons. The van der Waals surface area contributed by atoms with Crippen LogP contribution in [0, 0.1) is 6.92 Å². The maximum Gasteiger partial charge on any atom is 0.139 e. The minimum absolute atomic E-state index is 0.325. The molecular formula is C16H21BrN4. The Morgan fingerprint density at radius 2 is 1.90 bits per heavy atom. The Bertz CT molecular complexity index is 626. The van der Waals surface area contributed by atoms with Crippen molar-refractivity contribution in [3.8, 4) is 0 Å². The van der Waals surface area contributed by atoms with Crippen LogP contribution in [0.1, 0.15) is 37.8 Å². The van der Waals surface area contributed by atoms with E-state index in [1.54, 1.807) is 6.33 Å². The van der Waals surface area contributed by atoms with E-state index in [2.05, 4.69) is 76.4 Å². The van der Waals surface area contributed by atoms with E-state index in [4.69, 9.17) is 0 Å². The monoisotopic (exact) mass is 348 g/mol. The van der Waals surface area contributed by atoms with Crippen molar-refractivity contribution in [2.75, 3.05) is 17.2 Å². The topological polar surface area (TPSA) is 49.8 Å². The fraction of sp³-hybridized carbons (Fsp3) is 0.375. The summed E-state index contributed by atoms with van der Waals surface area (Å²) in [6.45, 7) is 9.28. The second-order valence-corrected chi connectivity index (χ2v) is 6.13. The van der Waals surface area contributed by atoms with Crippen molar-refractivity contribution in [1.82, 2.24) is 9.97 Å². The van der Waals surface area contributed by atoms with Crippen LogP contribution in [-0.2, 0) is 0 Å². The van der Waals surface area contributed by atoms with Gasteiger partial charge in [-0.25, -0.2) is 9.97 Å². The summed E-state index contributed by atoms with van der Waals surface area (Å²) < 4.78 is 1.02. The summed E-state index contributed by atoms with van der Waals surface area (Å²) >= 11 is 3.58. The van der Waals surface area contributed by atoms with Crippen LogP contribution in [0.4, 0.5) is 17.3 Å². The molecule has 0 aliphatic carbocycles. The second kappa shape index (κ2) is 6.89. The number of hydrogen-bond donors (Lipinski definition) is 2. The minimum atomic E-state index is 0.325. The number of rotatable bonds is 5. The van der Waals surface area contributed by atoms with Crippen molar-refractivity contribution in [3.63, 3.8) is 0 Å². The Kier molecular flexibility index (Phi) is 5.17. The Morgan fingerprint density at radius 1 is 1.19 bits per heavy atom. The molecule has 5 heteroatoms. The predicted molar refractivity (Wildman–Crippen MR) is 92.4 cm³/mol. The number of aromatic nitrogens is 2. The van der Waals surface area contributed by atoms with Gasteiger partial charge in [-0.3, -0.25) is 0 Å². The molecule has 2 N–H and O–H groups in total. The van der Waals surface area contributed by atoms with Gasteiger partial charge in [0.2, 0.25) is 0 Å². The van der Waals surface area contributed by atoms with E-state index < -0.39 is 0 Å². The summed E-state index contributed by atoms with van der Waals surface area (Å²) in [5, 5.41) is 6.73. The Labute approximate surface area is 134 Å². The highest BCUT2D eigenvalue weighted by Crippen LogP contribution is 2.32. The van der Waals surface area contributed by atoms with Crippen molar-refractivity contribution in [1.29, 1.82) is 0 Å². The molecule has 0 amide bonds. The summed E-state index contributed by atoms with van der Waals surface area (Å²) in [6.07, 6.45) is 1.59. The minimum Gasteiger partial charge on any atom is -0.370 e. The fourth-order valence-corrected chi connectivity index (χ4v) is 2.56. The molecule has 0 aliphatic rings. The molecule has 0 spiro atoms. The number of nitrogens with zero attached hydrogens (tertiary/aromatic N) is 2. The summed E-state index contributed by atoms with van der Waals surface area (Å²) in [5.41, 5.74) is 3.32. The third-order valence-corrected chi connectivity index (χ3v) is 3.87. The number of nitrogens with one attached hydrogen (secondary N) is 2. The van der Waals surface area contributed by atoms with Crippen LogP contribution in [0.2, 0.25) is 0 Å². The lowest BCUT2D eigenvalue weighted by Crippen LogP contribution is -2.09. The molecule has 2 aromatic rings. The maximum absolute atomic E-state index is 4.43. The predicted octanol–water partition coefficient (Wildman–Crippen LogP) is 4.85. The smallest absolute Gasteiger partial charge is 0.139 e. The number of aryl methyl sites for hydroxylation is 1. The van der Waals surface area contributed by atoms with Crippen LogP contribution < -0.4 is 10.6 Å². The van der Waals surface area contributed by atoms with Crippen LogP contribution in [0.5, 0.6) is 0 Å². The molecule has 0 fully saturated rings. The van der Waals surface area contributed by atoms with Crippen molar-refractivity contribution >= 4 is 33.3 Å². The van der Waals surface area contributed by atoms with Crippen LogP contribution in [0.15, 0.2) is 29.0 Å². The summed E-state index contributed by atoms with van der Waals surface area (Å²) in [4.78, 5) is 8.78. The van der Waals surface area contributed by atoms with Gasteiger partial charge >= 0.3 is 0 Å². The van der Waals surface area contributed by atoms with E-state index in [9.17, 15) is 0 Å². The molecule has 1 aromatic heterocycles. The lowest BCUT2D eigenvalue weighted by molar-refractivity contribution is 0.849. The van der Waals surface area contributed by atoms with E-state index in [0.717, 1.165) is 33.9 Å². The van der Waals surface area contributed by atoms with Gasteiger partial charge in [0.05, 0.1) is 5.69 Å². The largest absolute Gasteiger partial charge is 0.370 e. The van der Waals surface area contributed by atoms with Gasteiger partial charge in [-0.05, 0) is 53.4 Å². The Morgan fingerprint density at radius 3 is 2.57 bits per heavy atom. The molecule has 0 unspecified atom stereocenters. The number of hydrogen-bond acceptors (Lipinski definition) is 4. The molecule has 112 valence electrons. The van der Waals surface area contributed by atoms with Gasteiger partial charge in [-0.2, -0.15) is 0 Å². The number of benzene rings is 1. The molecule has 2 rings (SSSR count). The molecule has 0 aliphatic heterocycles. The van der Waals surface area contributed by atoms with Crippen molar-refractivity contribution in [2.45, 2.75) is 33.6 Å². The first-order valence-corrected chi connectivity index (χ1v) is 7.94. The van der Waals surface area contributed by atoms with Crippen molar-refractivity contribution in [3.05, 3.63) is 40.1 Å². The molecule has 1 aromatic carbocycles. The van der Waals surface area contributed by atoms with Gasteiger partial charge in [-0.15, -0.1) is 0 Å². The van der Waals surface area contributed by atoms with E-state index in [1.165, 1.54) is 5.56 Å². The van der Waals surface area contributed by atoms with Crippen LogP contribution in [0.3, 0.4) is 0 Å². The Balaban J connectivity index is 2.43. The molecule has 21 heavy (non-hydrogen) atoms. The molecular weight excluding hydrogens is 328 g/mol. The van der Waals surface area contributed by atoms with E-state index in [0.29, 0.717) is 5.92 Å². The summed E-state index contributed by atoms with van der Waals surface area (Å²) in [6, 6.07) is 6.21. The second-order valence-electron chi connectivity index (χ2n) is 5.28. The quantitative estimate of drug-likeness (QED) is 0.810. The third kappa shape index (κ3) is 3.73. The van der Waals surface area contributed by atoms with Crippen LogP contribution >= 0.6 is 15.9 Å². The summed E-state index contributed by atoms with van der Waals surface area (Å²) in [7, 11) is 0. The van der Waals surface area contributed by atoms with Gasteiger partial charge < -0.3 is 10.6 Å². The van der Waals surface area contributed by atoms with E-state index in [1.807, 2.05) is 6.07 Å². The average molecular weight is 349 g/mol. The zero-order valence-electron chi connectivity index (χ0n) is 12.9. The molecule has 1 heterocycles. The molecule has 4 nitrogen and oxygen atoms in total. The highest BCUT2D eigenvalue weighted by Gasteiger charge is 2.15. The first-order chi connectivity index (χ1) is 10.0. The highest BCUT2D eigenvalue weighted by molar-refractivity contribution is 9.10. The number of halogens is 1. The maximum atomic E-state index is 4.43. The normalized spacial score (nSPS) is 10.8. The van der Waals surface area contributed by atoms with Crippen LogP contribution in [0.25, 0.3) is 0 Å². The molecule has 0 saturated heterocycles. The van der Waals surface area contributed by atoms with Gasteiger partial charge in [-0.1, -0.05) is 19.9 Å². The SMILES string of the molecule is CCNc1ncnc(Nc2cc(C)ccc2Br)c1C(C)C. The zero-order chi connectivity index (χ0) is 15.4. The Hall–Kier alpha value is -1.62. The highest BCUT2D eigenvalue weighted by atomic mass is 79.9. The average Bonchev–Trinajstić information content (AvgIpc) is 2.43. The lowest BCUT2D eigenvalue weighted by Gasteiger charge is -2.18. The molecule has 0 saturated carbocycles. The van der Waals surface area contributed by atoms with Crippen LogP contribution in [-0.4, -0.2) is 16.5 Å². The van der Waals surface area contributed by atoms with Gasteiger partial charge in [0.1, 0.15) is 18.0 Å². The molecule has 0 atom stereocenters.